The Kier molecular flexibility index (Phi) is 2.18. The SMILES string of the molecule is CNC1(Cc2ccc3cccnc3c2)CC1. The molecule has 0 aliphatic heterocycles. The van der Waals surface area contributed by atoms with Gasteiger partial charge in [-0.2, -0.15) is 0 Å². The average molecular weight is 212 g/mol. The van der Waals surface area contributed by atoms with Crippen LogP contribution in [0.3, 0.4) is 0 Å². The molecule has 2 aromatic rings. The number of hydrogen-bond acceptors (Lipinski definition) is 2. The van der Waals surface area contributed by atoms with Crippen molar-refractivity contribution >= 4 is 10.9 Å². The van der Waals surface area contributed by atoms with Gasteiger partial charge < -0.3 is 5.32 Å². The van der Waals surface area contributed by atoms with Crippen molar-refractivity contribution in [2.45, 2.75) is 24.8 Å². The predicted octanol–water partition coefficient (Wildman–Crippen LogP) is 2.53. The second-order valence-electron chi connectivity index (χ2n) is 4.74. The van der Waals surface area contributed by atoms with Crippen LogP contribution in [0.1, 0.15) is 18.4 Å². The van der Waals surface area contributed by atoms with E-state index < -0.39 is 0 Å². The van der Waals surface area contributed by atoms with E-state index in [9.17, 15) is 0 Å². The summed E-state index contributed by atoms with van der Waals surface area (Å²) in [6, 6.07) is 10.7. The van der Waals surface area contributed by atoms with Crippen LogP contribution < -0.4 is 5.32 Å². The van der Waals surface area contributed by atoms with Crippen LogP contribution >= 0.6 is 0 Å². The zero-order chi connectivity index (χ0) is 11.0. The van der Waals surface area contributed by atoms with E-state index in [-0.39, 0.29) is 0 Å². The topological polar surface area (TPSA) is 24.9 Å². The molecule has 82 valence electrons. The summed E-state index contributed by atoms with van der Waals surface area (Å²) in [7, 11) is 2.06. The van der Waals surface area contributed by atoms with Crippen LogP contribution in [-0.4, -0.2) is 17.6 Å². The van der Waals surface area contributed by atoms with Gasteiger partial charge in [-0.05, 0) is 44.0 Å². The third-order valence-corrected chi connectivity index (χ3v) is 3.60. The van der Waals surface area contributed by atoms with Gasteiger partial charge in [0.15, 0.2) is 0 Å². The molecule has 0 spiro atoms. The molecule has 0 saturated heterocycles. The van der Waals surface area contributed by atoms with Gasteiger partial charge in [-0.15, -0.1) is 0 Å². The smallest absolute Gasteiger partial charge is 0.0704 e. The maximum atomic E-state index is 4.40. The summed E-state index contributed by atoms with van der Waals surface area (Å²) in [5.74, 6) is 0. The Morgan fingerprint density at radius 3 is 2.94 bits per heavy atom. The predicted molar refractivity (Wildman–Crippen MR) is 66.5 cm³/mol. The summed E-state index contributed by atoms with van der Waals surface area (Å²) in [5, 5.41) is 4.65. The van der Waals surface area contributed by atoms with Crippen molar-refractivity contribution in [2.24, 2.45) is 0 Å². The summed E-state index contributed by atoms with van der Waals surface area (Å²) in [6.45, 7) is 0. The highest BCUT2D eigenvalue weighted by Gasteiger charge is 2.40. The molecule has 1 fully saturated rings. The number of hydrogen-bond donors (Lipinski definition) is 1. The van der Waals surface area contributed by atoms with Gasteiger partial charge in [-0.25, -0.2) is 0 Å². The molecule has 0 radical (unpaired) electrons. The Labute approximate surface area is 95.7 Å². The molecular formula is C14H16N2. The van der Waals surface area contributed by atoms with Crippen LogP contribution in [-0.2, 0) is 6.42 Å². The van der Waals surface area contributed by atoms with Gasteiger partial charge in [0.25, 0.3) is 0 Å². The molecule has 16 heavy (non-hydrogen) atoms. The Morgan fingerprint density at radius 2 is 2.19 bits per heavy atom. The van der Waals surface area contributed by atoms with Gasteiger partial charge >= 0.3 is 0 Å². The van der Waals surface area contributed by atoms with Gasteiger partial charge in [0.1, 0.15) is 0 Å². The van der Waals surface area contributed by atoms with E-state index in [2.05, 4.69) is 41.6 Å². The number of benzene rings is 1. The highest BCUT2D eigenvalue weighted by molar-refractivity contribution is 5.78. The Balaban J connectivity index is 1.93. The molecule has 2 nitrogen and oxygen atoms in total. The van der Waals surface area contributed by atoms with Crippen LogP contribution in [0.25, 0.3) is 10.9 Å². The summed E-state index contributed by atoms with van der Waals surface area (Å²) in [5.41, 5.74) is 2.87. The van der Waals surface area contributed by atoms with Crippen molar-refractivity contribution < 1.29 is 0 Å². The van der Waals surface area contributed by atoms with Gasteiger partial charge in [0.05, 0.1) is 5.52 Å². The fourth-order valence-electron chi connectivity index (χ4n) is 2.28. The number of likely N-dealkylation sites (N-methyl/N-ethyl adjacent to an activating group) is 1. The van der Waals surface area contributed by atoms with Gasteiger partial charge in [0, 0.05) is 17.1 Å². The molecule has 0 amide bonds. The molecule has 0 unspecified atom stereocenters. The van der Waals surface area contributed by atoms with Crippen molar-refractivity contribution in [3.05, 3.63) is 42.1 Å². The normalized spacial score (nSPS) is 17.6. The monoisotopic (exact) mass is 212 g/mol. The first-order chi connectivity index (χ1) is 7.81. The number of nitrogens with one attached hydrogen (secondary N) is 1. The third-order valence-electron chi connectivity index (χ3n) is 3.60. The number of nitrogens with zero attached hydrogens (tertiary/aromatic N) is 1. The lowest BCUT2D eigenvalue weighted by Gasteiger charge is -2.14. The third kappa shape index (κ3) is 1.69. The van der Waals surface area contributed by atoms with Crippen molar-refractivity contribution in [3.8, 4) is 0 Å². The van der Waals surface area contributed by atoms with Gasteiger partial charge in [0.2, 0.25) is 0 Å². The minimum absolute atomic E-state index is 0.377. The minimum atomic E-state index is 0.377. The highest BCUT2D eigenvalue weighted by atomic mass is 15.0. The first kappa shape index (κ1) is 9.79. The number of rotatable bonds is 3. The van der Waals surface area contributed by atoms with E-state index in [0.29, 0.717) is 5.54 Å². The molecule has 0 bridgehead atoms. The average Bonchev–Trinajstić information content (AvgIpc) is 3.09. The van der Waals surface area contributed by atoms with Crippen molar-refractivity contribution in [1.82, 2.24) is 10.3 Å². The molecule has 1 saturated carbocycles. The van der Waals surface area contributed by atoms with Gasteiger partial charge in [-0.3, -0.25) is 4.98 Å². The number of aromatic nitrogens is 1. The van der Waals surface area contributed by atoms with Gasteiger partial charge in [-0.1, -0.05) is 18.2 Å². The number of fused-ring (bicyclic) bond motifs is 1. The molecule has 0 atom stereocenters. The first-order valence-corrected chi connectivity index (χ1v) is 5.84. The summed E-state index contributed by atoms with van der Waals surface area (Å²) >= 11 is 0. The lowest BCUT2D eigenvalue weighted by Crippen LogP contribution is -2.29. The first-order valence-electron chi connectivity index (χ1n) is 5.84. The van der Waals surface area contributed by atoms with E-state index in [1.807, 2.05) is 12.3 Å². The summed E-state index contributed by atoms with van der Waals surface area (Å²) < 4.78 is 0. The molecule has 1 heterocycles. The maximum absolute atomic E-state index is 4.40. The van der Waals surface area contributed by atoms with E-state index in [0.717, 1.165) is 11.9 Å². The molecule has 1 aliphatic carbocycles. The van der Waals surface area contributed by atoms with Crippen molar-refractivity contribution in [1.29, 1.82) is 0 Å². The fraction of sp³-hybridized carbons (Fsp3) is 0.357. The standard InChI is InChI=1S/C14H16N2/c1-15-14(6-7-14)10-11-4-5-12-3-2-8-16-13(12)9-11/h2-5,8-9,15H,6-7,10H2,1H3. The molecule has 1 aromatic heterocycles. The van der Waals surface area contributed by atoms with E-state index >= 15 is 0 Å². The van der Waals surface area contributed by atoms with Crippen LogP contribution in [0.4, 0.5) is 0 Å². The highest BCUT2D eigenvalue weighted by Crippen LogP contribution is 2.38. The fourth-order valence-corrected chi connectivity index (χ4v) is 2.28. The molecule has 1 N–H and O–H groups in total. The van der Waals surface area contributed by atoms with E-state index in [1.54, 1.807) is 0 Å². The molecule has 2 heteroatoms. The summed E-state index contributed by atoms with van der Waals surface area (Å²) in [6.07, 6.45) is 5.57. The minimum Gasteiger partial charge on any atom is -0.314 e. The zero-order valence-electron chi connectivity index (χ0n) is 9.53. The largest absolute Gasteiger partial charge is 0.314 e. The van der Waals surface area contributed by atoms with Crippen LogP contribution in [0.5, 0.6) is 0 Å². The molecule has 3 rings (SSSR count). The van der Waals surface area contributed by atoms with Crippen LogP contribution in [0.2, 0.25) is 0 Å². The van der Waals surface area contributed by atoms with Crippen molar-refractivity contribution in [3.63, 3.8) is 0 Å². The van der Waals surface area contributed by atoms with Crippen molar-refractivity contribution in [2.75, 3.05) is 7.05 Å². The Bertz CT molecular complexity index is 515. The maximum Gasteiger partial charge on any atom is 0.0704 e. The molecule has 1 aliphatic rings. The van der Waals surface area contributed by atoms with Crippen LogP contribution in [0.15, 0.2) is 36.5 Å². The second-order valence-corrected chi connectivity index (χ2v) is 4.74. The second kappa shape index (κ2) is 3.56. The van der Waals surface area contributed by atoms with E-state index in [4.69, 9.17) is 0 Å². The summed E-state index contributed by atoms with van der Waals surface area (Å²) in [4.78, 5) is 4.40. The number of pyridine rings is 1. The zero-order valence-corrected chi connectivity index (χ0v) is 9.53. The Morgan fingerprint density at radius 1 is 1.31 bits per heavy atom. The molecule has 1 aromatic carbocycles. The Hall–Kier alpha value is -1.41. The van der Waals surface area contributed by atoms with E-state index in [1.165, 1.54) is 23.8 Å². The lowest BCUT2D eigenvalue weighted by molar-refractivity contribution is 0.549. The lowest BCUT2D eigenvalue weighted by atomic mass is 10.0. The molecular weight excluding hydrogens is 196 g/mol. The van der Waals surface area contributed by atoms with Crippen LogP contribution in [0, 0.1) is 0 Å². The quantitative estimate of drug-likeness (QED) is 0.845.